The molecule has 0 saturated carbocycles. The number of rotatable bonds is 8. The van der Waals surface area contributed by atoms with Crippen LogP contribution in [0.15, 0.2) is 54.6 Å². The third-order valence-corrected chi connectivity index (χ3v) is 4.37. The van der Waals surface area contributed by atoms with Crippen molar-refractivity contribution in [3.63, 3.8) is 0 Å². The van der Waals surface area contributed by atoms with Gasteiger partial charge >= 0.3 is 6.61 Å². The number of nitrogens with one attached hydrogen (secondary N) is 1. The number of alkyl halides is 2. The predicted octanol–water partition coefficient (Wildman–Crippen LogP) is 4.16. The molecule has 2 aromatic carbocycles. The summed E-state index contributed by atoms with van der Waals surface area (Å²) in [6.07, 6.45) is 0. The Morgan fingerprint density at radius 3 is 2.60 bits per heavy atom. The largest absolute Gasteiger partial charge is 0.435 e. The van der Waals surface area contributed by atoms with Crippen LogP contribution in [0.5, 0.6) is 5.75 Å². The van der Waals surface area contributed by atoms with Crippen molar-refractivity contribution >= 4 is 11.7 Å². The van der Waals surface area contributed by atoms with Gasteiger partial charge < -0.3 is 10.1 Å². The Labute approximate surface area is 174 Å². The van der Waals surface area contributed by atoms with Crippen molar-refractivity contribution in [1.82, 2.24) is 14.7 Å². The molecule has 3 rings (SSSR count). The van der Waals surface area contributed by atoms with Crippen LogP contribution in [0.4, 0.5) is 14.6 Å². The molecule has 0 unspecified atom stereocenters. The van der Waals surface area contributed by atoms with Gasteiger partial charge in [-0.05, 0) is 50.7 Å². The third kappa shape index (κ3) is 5.87. The van der Waals surface area contributed by atoms with Crippen molar-refractivity contribution < 1.29 is 18.3 Å². The van der Waals surface area contributed by atoms with Crippen molar-refractivity contribution in [2.75, 3.05) is 18.9 Å². The van der Waals surface area contributed by atoms with Gasteiger partial charge in [0.15, 0.2) is 0 Å². The van der Waals surface area contributed by atoms with E-state index in [0.717, 1.165) is 22.5 Å². The summed E-state index contributed by atoms with van der Waals surface area (Å²) in [6, 6.07) is 16.1. The molecule has 1 aromatic heterocycles. The zero-order chi connectivity index (χ0) is 21.7. The highest BCUT2D eigenvalue weighted by molar-refractivity contribution is 5.91. The average Bonchev–Trinajstić information content (AvgIpc) is 3.01. The highest BCUT2D eigenvalue weighted by Crippen LogP contribution is 2.19. The summed E-state index contributed by atoms with van der Waals surface area (Å²) in [5.74, 6) is 0.477. The minimum absolute atomic E-state index is 0.0952. The number of halogens is 2. The van der Waals surface area contributed by atoms with Crippen LogP contribution < -0.4 is 10.1 Å². The van der Waals surface area contributed by atoms with Crippen molar-refractivity contribution in [1.29, 1.82) is 0 Å². The fourth-order valence-electron chi connectivity index (χ4n) is 3.09. The molecule has 0 radical (unpaired) electrons. The van der Waals surface area contributed by atoms with E-state index in [9.17, 15) is 13.6 Å². The summed E-state index contributed by atoms with van der Waals surface area (Å²) in [7, 11) is 1.78. The predicted molar refractivity (Wildman–Crippen MR) is 111 cm³/mol. The highest BCUT2D eigenvalue weighted by Gasteiger charge is 2.13. The molecular formula is C22H24F2N4O2. The van der Waals surface area contributed by atoms with E-state index < -0.39 is 6.61 Å². The lowest BCUT2D eigenvalue weighted by atomic mass is 10.2. The van der Waals surface area contributed by atoms with Gasteiger partial charge in [0, 0.05) is 12.6 Å². The van der Waals surface area contributed by atoms with Crippen molar-refractivity contribution in [2.45, 2.75) is 27.0 Å². The first-order valence-electron chi connectivity index (χ1n) is 9.46. The van der Waals surface area contributed by atoms with E-state index in [4.69, 9.17) is 0 Å². The minimum Gasteiger partial charge on any atom is -0.435 e. The molecule has 1 heterocycles. The maximum atomic E-state index is 12.6. The molecule has 1 N–H and O–H groups in total. The number of nitrogens with zero attached hydrogens (tertiary/aromatic N) is 3. The summed E-state index contributed by atoms with van der Waals surface area (Å²) in [4.78, 5) is 14.3. The molecule has 0 bridgehead atoms. The third-order valence-electron chi connectivity index (χ3n) is 4.37. The zero-order valence-corrected chi connectivity index (χ0v) is 17.1. The Balaban J connectivity index is 1.63. The molecule has 0 spiro atoms. The Hall–Kier alpha value is -3.26. The minimum atomic E-state index is -2.87. The van der Waals surface area contributed by atoms with Crippen LogP contribution in [0, 0.1) is 13.8 Å². The lowest BCUT2D eigenvalue weighted by Crippen LogP contribution is -2.30. The number of hydrogen-bond donors (Lipinski definition) is 1. The van der Waals surface area contributed by atoms with E-state index in [1.807, 2.05) is 44.2 Å². The average molecular weight is 414 g/mol. The lowest BCUT2D eigenvalue weighted by molar-refractivity contribution is -0.117. The van der Waals surface area contributed by atoms with Crippen LogP contribution in [-0.4, -0.2) is 40.8 Å². The van der Waals surface area contributed by atoms with Crippen LogP contribution in [0.2, 0.25) is 0 Å². The first kappa shape index (κ1) is 21.4. The molecule has 0 atom stereocenters. The molecule has 0 saturated heterocycles. The first-order chi connectivity index (χ1) is 14.3. The molecule has 158 valence electrons. The summed E-state index contributed by atoms with van der Waals surface area (Å²) < 4.78 is 30.9. The van der Waals surface area contributed by atoms with E-state index in [0.29, 0.717) is 12.4 Å². The molecule has 0 aliphatic carbocycles. The standard InChI is InChI=1S/C22H24F2N4O2/c1-15-7-9-18(10-8-15)28-20(11-16(2)26-28)25-21(29)14-27(3)13-17-5-4-6-19(12-17)30-22(23)24/h4-12,22H,13-14H2,1-3H3,(H,25,29). The number of amides is 1. The lowest BCUT2D eigenvalue weighted by Gasteiger charge is -2.17. The smallest absolute Gasteiger partial charge is 0.387 e. The second-order valence-corrected chi connectivity index (χ2v) is 7.16. The van der Waals surface area contributed by atoms with Crippen LogP contribution in [0.1, 0.15) is 16.8 Å². The number of hydrogen-bond acceptors (Lipinski definition) is 4. The summed E-state index contributed by atoms with van der Waals surface area (Å²) in [5.41, 5.74) is 3.55. The van der Waals surface area contributed by atoms with Crippen LogP contribution >= 0.6 is 0 Å². The van der Waals surface area contributed by atoms with E-state index in [1.165, 1.54) is 12.1 Å². The summed E-state index contributed by atoms with van der Waals surface area (Å²) in [5, 5.41) is 7.35. The molecule has 1 amide bonds. The van der Waals surface area contributed by atoms with Gasteiger partial charge in [-0.1, -0.05) is 29.8 Å². The van der Waals surface area contributed by atoms with Crippen LogP contribution in [0.25, 0.3) is 5.69 Å². The van der Waals surface area contributed by atoms with Gasteiger partial charge in [-0.3, -0.25) is 9.69 Å². The topological polar surface area (TPSA) is 59.4 Å². The Morgan fingerprint density at radius 2 is 1.90 bits per heavy atom. The molecule has 0 fully saturated rings. The van der Waals surface area contributed by atoms with Crippen molar-refractivity contribution in [3.05, 3.63) is 71.4 Å². The highest BCUT2D eigenvalue weighted by atomic mass is 19.3. The van der Waals surface area contributed by atoms with E-state index in [1.54, 1.807) is 28.8 Å². The number of ether oxygens (including phenoxy) is 1. The van der Waals surface area contributed by atoms with Gasteiger partial charge in [-0.15, -0.1) is 0 Å². The molecule has 8 heteroatoms. The first-order valence-corrected chi connectivity index (χ1v) is 9.46. The second-order valence-electron chi connectivity index (χ2n) is 7.16. The second kappa shape index (κ2) is 9.49. The fourth-order valence-corrected chi connectivity index (χ4v) is 3.09. The zero-order valence-electron chi connectivity index (χ0n) is 17.1. The van der Waals surface area contributed by atoms with E-state index in [2.05, 4.69) is 15.2 Å². The maximum Gasteiger partial charge on any atom is 0.387 e. The van der Waals surface area contributed by atoms with Gasteiger partial charge in [-0.2, -0.15) is 13.9 Å². The Morgan fingerprint density at radius 1 is 1.17 bits per heavy atom. The number of likely N-dealkylation sites (N-methyl/N-ethyl adjacent to an activating group) is 1. The van der Waals surface area contributed by atoms with Crippen LogP contribution in [0.3, 0.4) is 0 Å². The number of aryl methyl sites for hydroxylation is 2. The fraction of sp³-hybridized carbons (Fsp3) is 0.273. The van der Waals surface area contributed by atoms with Gasteiger partial charge in [0.05, 0.1) is 17.9 Å². The molecule has 30 heavy (non-hydrogen) atoms. The molecule has 0 aliphatic heterocycles. The quantitative estimate of drug-likeness (QED) is 0.601. The number of aromatic nitrogens is 2. The van der Waals surface area contributed by atoms with Gasteiger partial charge in [-0.25, -0.2) is 4.68 Å². The molecule has 6 nitrogen and oxygen atoms in total. The maximum absolute atomic E-state index is 12.6. The van der Waals surface area contributed by atoms with E-state index in [-0.39, 0.29) is 18.2 Å². The summed E-state index contributed by atoms with van der Waals surface area (Å²) >= 11 is 0. The number of anilines is 1. The number of carbonyl (C=O) groups excluding carboxylic acids is 1. The van der Waals surface area contributed by atoms with Crippen molar-refractivity contribution in [2.24, 2.45) is 0 Å². The van der Waals surface area contributed by atoms with Crippen LogP contribution in [-0.2, 0) is 11.3 Å². The Bertz CT molecular complexity index is 1000. The molecule has 0 aliphatic rings. The van der Waals surface area contributed by atoms with Gasteiger partial charge in [0.2, 0.25) is 5.91 Å². The van der Waals surface area contributed by atoms with E-state index >= 15 is 0 Å². The number of benzene rings is 2. The number of carbonyl (C=O) groups is 1. The van der Waals surface area contributed by atoms with Crippen molar-refractivity contribution in [3.8, 4) is 11.4 Å². The Kier molecular flexibility index (Phi) is 6.79. The van der Waals surface area contributed by atoms with Gasteiger partial charge in [0.25, 0.3) is 0 Å². The molecular weight excluding hydrogens is 390 g/mol. The SMILES string of the molecule is Cc1ccc(-n2nc(C)cc2NC(=O)CN(C)Cc2cccc(OC(F)F)c2)cc1. The van der Waals surface area contributed by atoms with Gasteiger partial charge in [0.1, 0.15) is 11.6 Å². The normalized spacial score (nSPS) is 11.2. The summed E-state index contributed by atoms with van der Waals surface area (Å²) in [6.45, 7) is 1.53. The monoisotopic (exact) mass is 414 g/mol. The molecule has 3 aromatic rings.